The number of nitro benzene ring substituents is 1. The predicted octanol–water partition coefficient (Wildman–Crippen LogP) is 7.62. The molecule has 0 aliphatic rings. The van der Waals surface area contributed by atoms with Crippen LogP contribution in [0.2, 0.25) is 15.1 Å². The summed E-state index contributed by atoms with van der Waals surface area (Å²) in [5, 5.41) is 15.4. The van der Waals surface area contributed by atoms with E-state index in [1.165, 1.54) is 49.3 Å². The zero-order valence-corrected chi connectivity index (χ0v) is 31.4. The van der Waals surface area contributed by atoms with Gasteiger partial charge >= 0.3 is 0 Å². The van der Waals surface area contributed by atoms with Gasteiger partial charge in [-0.1, -0.05) is 84.2 Å². The van der Waals surface area contributed by atoms with Crippen molar-refractivity contribution < 1.29 is 27.7 Å². The lowest BCUT2D eigenvalue weighted by Gasteiger charge is -2.34. The number of sulfonamides is 1. The van der Waals surface area contributed by atoms with Crippen molar-refractivity contribution in [1.29, 1.82) is 0 Å². The first-order valence-corrected chi connectivity index (χ1v) is 18.4. The summed E-state index contributed by atoms with van der Waals surface area (Å²) in [7, 11) is -3.39. The van der Waals surface area contributed by atoms with E-state index in [0.717, 1.165) is 15.9 Å². The maximum absolute atomic E-state index is 14.8. The van der Waals surface area contributed by atoms with Gasteiger partial charge < -0.3 is 15.0 Å². The molecular weight excluding hydrogens is 739 g/mol. The molecule has 4 aromatic rings. The van der Waals surface area contributed by atoms with Crippen LogP contribution in [0.15, 0.2) is 89.8 Å². The third kappa shape index (κ3) is 9.70. The number of nitrogens with one attached hydrogen (secondary N) is 1. The topological polar surface area (TPSA) is 139 Å². The molecule has 0 spiro atoms. The minimum atomic E-state index is -4.71. The van der Waals surface area contributed by atoms with Gasteiger partial charge in [0.2, 0.25) is 11.8 Å². The standard InChI is InChI=1S/C36H37Cl3N4O7S/c1-5-24(3)40-36(45)33(18-25-9-7-6-8-10-25)41(21-26-12-15-29(38)30(39)17-26)35(44)22-42(32-19-27(37)13-16-34(32)50-4)51(48,49)28-14-11-23(2)31(20-28)43(46)47/h6-17,19-20,24,33H,5,18,21-22H2,1-4H3,(H,40,45). The highest BCUT2D eigenvalue weighted by molar-refractivity contribution is 7.92. The fourth-order valence-electron chi connectivity index (χ4n) is 5.27. The van der Waals surface area contributed by atoms with E-state index in [4.69, 9.17) is 39.5 Å². The number of hydrogen-bond donors (Lipinski definition) is 1. The van der Waals surface area contributed by atoms with Gasteiger partial charge in [-0.2, -0.15) is 0 Å². The molecule has 51 heavy (non-hydrogen) atoms. The summed E-state index contributed by atoms with van der Waals surface area (Å²) in [6.45, 7) is 4.23. The van der Waals surface area contributed by atoms with Crippen LogP contribution in [-0.2, 0) is 32.6 Å². The maximum atomic E-state index is 14.8. The van der Waals surface area contributed by atoms with E-state index >= 15 is 0 Å². The number of nitrogens with zero attached hydrogens (tertiary/aromatic N) is 3. The number of amides is 2. The lowest BCUT2D eigenvalue weighted by molar-refractivity contribution is -0.385. The van der Waals surface area contributed by atoms with E-state index in [1.54, 1.807) is 18.2 Å². The first kappa shape index (κ1) is 39.4. The number of methoxy groups -OCH3 is 1. The van der Waals surface area contributed by atoms with Crippen LogP contribution >= 0.6 is 34.8 Å². The molecule has 270 valence electrons. The number of rotatable bonds is 15. The summed E-state index contributed by atoms with van der Waals surface area (Å²) < 4.78 is 35.3. The number of benzene rings is 4. The second-order valence-electron chi connectivity index (χ2n) is 11.8. The van der Waals surface area contributed by atoms with Gasteiger partial charge in [-0.05, 0) is 67.8 Å². The molecule has 11 nitrogen and oxygen atoms in total. The molecule has 4 rings (SSSR count). The van der Waals surface area contributed by atoms with E-state index in [1.807, 2.05) is 44.2 Å². The van der Waals surface area contributed by atoms with E-state index in [2.05, 4.69) is 5.32 Å². The van der Waals surface area contributed by atoms with Crippen molar-refractivity contribution in [2.75, 3.05) is 18.0 Å². The third-order valence-electron chi connectivity index (χ3n) is 8.26. The van der Waals surface area contributed by atoms with Crippen molar-refractivity contribution in [3.8, 4) is 5.75 Å². The number of ether oxygens (including phenoxy) is 1. The van der Waals surface area contributed by atoms with Crippen molar-refractivity contribution in [2.45, 2.75) is 57.1 Å². The number of carbonyl (C=O) groups excluding carboxylic acids is 2. The highest BCUT2D eigenvalue weighted by Gasteiger charge is 2.36. The Morgan fingerprint density at radius 1 is 0.941 bits per heavy atom. The maximum Gasteiger partial charge on any atom is 0.273 e. The van der Waals surface area contributed by atoms with Crippen LogP contribution in [0.5, 0.6) is 5.75 Å². The van der Waals surface area contributed by atoms with Crippen LogP contribution in [0.1, 0.15) is 37.0 Å². The van der Waals surface area contributed by atoms with Gasteiger partial charge in [0.05, 0.1) is 32.7 Å². The molecule has 0 aliphatic carbocycles. The highest BCUT2D eigenvalue weighted by Crippen LogP contribution is 2.36. The highest BCUT2D eigenvalue weighted by atomic mass is 35.5. The van der Waals surface area contributed by atoms with Gasteiger partial charge in [0.1, 0.15) is 18.3 Å². The van der Waals surface area contributed by atoms with Gasteiger partial charge in [-0.3, -0.25) is 24.0 Å². The predicted molar refractivity (Wildman–Crippen MR) is 199 cm³/mol. The minimum absolute atomic E-state index is 0.0590. The number of hydrogen-bond acceptors (Lipinski definition) is 7. The molecule has 4 aromatic carbocycles. The molecule has 0 aromatic heterocycles. The lowest BCUT2D eigenvalue weighted by atomic mass is 10.0. The van der Waals surface area contributed by atoms with Gasteiger partial charge in [-0.15, -0.1) is 0 Å². The number of halogens is 3. The van der Waals surface area contributed by atoms with Crippen molar-refractivity contribution >= 4 is 68.0 Å². The molecule has 0 aliphatic heterocycles. The molecule has 0 saturated carbocycles. The van der Waals surface area contributed by atoms with Crippen LogP contribution in [-0.4, -0.2) is 55.8 Å². The number of anilines is 1. The number of nitro groups is 1. The SMILES string of the molecule is CCC(C)NC(=O)C(Cc1ccccc1)N(Cc1ccc(Cl)c(Cl)c1)C(=O)CN(c1cc(Cl)ccc1OC)S(=O)(=O)c1ccc(C)c([N+](=O)[O-])c1. The largest absolute Gasteiger partial charge is 0.495 e. The first-order chi connectivity index (χ1) is 24.2. The third-order valence-corrected chi connectivity index (χ3v) is 11.0. The van der Waals surface area contributed by atoms with Crippen molar-refractivity contribution in [3.63, 3.8) is 0 Å². The molecule has 2 unspecified atom stereocenters. The second kappa shape index (κ2) is 17.2. The van der Waals surface area contributed by atoms with E-state index in [-0.39, 0.29) is 51.1 Å². The van der Waals surface area contributed by atoms with Crippen LogP contribution < -0.4 is 14.4 Å². The molecule has 2 amide bonds. The molecule has 0 bridgehead atoms. The van der Waals surface area contributed by atoms with Gasteiger partial charge in [0.15, 0.2) is 0 Å². The Balaban J connectivity index is 1.91. The molecule has 0 radical (unpaired) electrons. The Kier molecular flexibility index (Phi) is 13.3. The second-order valence-corrected chi connectivity index (χ2v) is 14.9. The summed E-state index contributed by atoms with van der Waals surface area (Å²) in [5.41, 5.74) is 0.995. The molecule has 15 heteroatoms. The zero-order chi connectivity index (χ0) is 37.5. The summed E-state index contributed by atoms with van der Waals surface area (Å²) in [5.74, 6) is -1.16. The molecule has 2 atom stereocenters. The normalized spacial score (nSPS) is 12.5. The van der Waals surface area contributed by atoms with Gasteiger partial charge in [0, 0.05) is 35.7 Å². The average Bonchev–Trinajstić information content (AvgIpc) is 3.10. The summed E-state index contributed by atoms with van der Waals surface area (Å²) in [6.07, 6.45) is 0.710. The number of carbonyl (C=O) groups is 2. The quantitative estimate of drug-likeness (QED) is 0.0969. The van der Waals surface area contributed by atoms with E-state index in [0.29, 0.717) is 12.0 Å². The molecular formula is C36H37Cl3N4O7S. The molecule has 0 saturated heterocycles. The Labute approximate surface area is 312 Å². The monoisotopic (exact) mass is 774 g/mol. The summed E-state index contributed by atoms with van der Waals surface area (Å²) >= 11 is 18.9. The smallest absolute Gasteiger partial charge is 0.273 e. The summed E-state index contributed by atoms with van der Waals surface area (Å²) in [6, 6.07) is 20.2. The van der Waals surface area contributed by atoms with Gasteiger partial charge in [0.25, 0.3) is 15.7 Å². The van der Waals surface area contributed by atoms with Crippen molar-refractivity contribution in [1.82, 2.24) is 10.2 Å². The average molecular weight is 776 g/mol. The van der Waals surface area contributed by atoms with E-state index in [9.17, 15) is 28.1 Å². The van der Waals surface area contributed by atoms with Crippen LogP contribution in [0, 0.1) is 17.0 Å². The first-order valence-electron chi connectivity index (χ1n) is 15.8. The van der Waals surface area contributed by atoms with Crippen LogP contribution in [0.25, 0.3) is 0 Å². The Morgan fingerprint density at radius 3 is 2.27 bits per heavy atom. The molecule has 0 fully saturated rings. The molecule has 1 N–H and O–H groups in total. The molecule has 0 heterocycles. The summed E-state index contributed by atoms with van der Waals surface area (Å²) in [4.78, 5) is 40.8. The van der Waals surface area contributed by atoms with Crippen LogP contribution in [0.3, 0.4) is 0 Å². The Hall–Kier alpha value is -4.36. The fraction of sp³-hybridized carbons (Fsp3) is 0.278. The van der Waals surface area contributed by atoms with Crippen molar-refractivity contribution in [3.05, 3.63) is 127 Å². The zero-order valence-electron chi connectivity index (χ0n) is 28.3. The van der Waals surface area contributed by atoms with Crippen molar-refractivity contribution in [2.24, 2.45) is 0 Å². The van der Waals surface area contributed by atoms with E-state index < -0.39 is 49.9 Å². The van der Waals surface area contributed by atoms with Gasteiger partial charge in [-0.25, -0.2) is 8.42 Å². The Bertz CT molecular complexity index is 2020. The fourth-order valence-corrected chi connectivity index (χ4v) is 7.20. The number of aryl methyl sites for hydroxylation is 1. The minimum Gasteiger partial charge on any atom is -0.495 e. The lowest BCUT2D eigenvalue weighted by Crippen LogP contribution is -2.54. The Morgan fingerprint density at radius 2 is 1.65 bits per heavy atom. The van der Waals surface area contributed by atoms with Crippen LogP contribution in [0.4, 0.5) is 11.4 Å².